The Morgan fingerprint density at radius 3 is 2.52 bits per heavy atom. The van der Waals surface area contributed by atoms with Crippen molar-refractivity contribution in [3.8, 4) is 0 Å². The summed E-state index contributed by atoms with van der Waals surface area (Å²) in [6.07, 6.45) is 4.68. The number of nitrogens with one attached hydrogen (secondary N) is 1. The van der Waals surface area contributed by atoms with Crippen LogP contribution in [-0.4, -0.2) is 48.8 Å². The van der Waals surface area contributed by atoms with Gasteiger partial charge in [0.1, 0.15) is 5.65 Å². The van der Waals surface area contributed by atoms with E-state index in [-0.39, 0.29) is 11.1 Å². The van der Waals surface area contributed by atoms with Gasteiger partial charge in [-0.25, -0.2) is 13.8 Å². The summed E-state index contributed by atoms with van der Waals surface area (Å²) < 4.78 is 28.2. The van der Waals surface area contributed by atoms with Gasteiger partial charge in [-0.15, -0.1) is 0 Å². The van der Waals surface area contributed by atoms with Crippen molar-refractivity contribution >= 4 is 28.1 Å². The highest BCUT2D eigenvalue weighted by molar-refractivity contribution is 6.33. The van der Waals surface area contributed by atoms with Crippen LogP contribution in [0, 0.1) is 11.6 Å². The quantitative estimate of drug-likeness (QED) is 0.550. The number of aromatic amines is 1. The number of fused-ring (bicyclic) bond motifs is 1. The number of hydrogen-bond donors (Lipinski definition) is 1. The number of aromatic nitrogens is 2. The number of hydrogen-bond acceptors (Lipinski definition) is 4. The van der Waals surface area contributed by atoms with Gasteiger partial charge in [0.05, 0.1) is 10.9 Å². The van der Waals surface area contributed by atoms with Crippen LogP contribution in [0.15, 0.2) is 42.9 Å². The van der Waals surface area contributed by atoms with Gasteiger partial charge in [0.2, 0.25) is 0 Å². The maximum absolute atomic E-state index is 14.4. The SMILES string of the molecule is CN(C)C=C(C(=O)c1c[nH]c2nccc(N(C)C)c12)c1cccc(F)c1F. The van der Waals surface area contributed by atoms with Crippen molar-refractivity contribution in [3.63, 3.8) is 0 Å². The number of ketones is 1. The van der Waals surface area contributed by atoms with Crippen molar-refractivity contribution in [2.24, 2.45) is 0 Å². The second-order valence-electron chi connectivity index (χ2n) is 6.59. The molecule has 0 spiro atoms. The predicted octanol–water partition coefficient (Wildman–Crippen LogP) is 3.69. The molecule has 0 unspecified atom stereocenters. The molecule has 0 radical (unpaired) electrons. The Morgan fingerprint density at radius 1 is 1.11 bits per heavy atom. The van der Waals surface area contributed by atoms with E-state index < -0.39 is 17.4 Å². The molecule has 7 heteroatoms. The minimum Gasteiger partial charge on any atom is -0.383 e. The Bertz CT molecular complexity index is 1040. The zero-order valence-corrected chi connectivity index (χ0v) is 15.5. The molecule has 0 amide bonds. The van der Waals surface area contributed by atoms with Gasteiger partial charge in [-0.05, 0) is 12.1 Å². The van der Waals surface area contributed by atoms with Gasteiger partial charge in [-0.2, -0.15) is 0 Å². The second kappa shape index (κ2) is 7.19. The minimum atomic E-state index is -1.05. The van der Waals surface area contributed by atoms with Crippen LogP contribution in [0.2, 0.25) is 0 Å². The van der Waals surface area contributed by atoms with Crippen LogP contribution < -0.4 is 4.90 Å². The van der Waals surface area contributed by atoms with Crippen LogP contribution in [0.5, 0.6) is 0 Å². The van der Waals surface area contributed by atoms with E-state index in [9.17, 15) is 13.6 Å². The van der Waals surface area contributed by atoms with Gasteiger partial charge in [0, 0.05) is 63.6 Å². The summed E-state index contributed by atoms with van der Waals surface area (Å²) in [6, 6.07) is 5.60. The van der Waals surface area contributed by atoms with Crippen molar-refractivity contribution in [1.29, 1.82) is 0 Å². The predicted molar refractivity (Wildman–Crippen MR) is 103 cm³/mol. The first-order valence-corrected chi connectivity index (χ1v) is 8.32. The summed E-state index contributed by atoms with van der Waals surface area (Å²) in [5.41, 5.74) is 1.67. The molecule has 0 bridgehead atoms. The summed E-state index contributed by atoms with van der Waals surface area (Å²) in [5, 5.41) is 0.633. The number of rotatable bonds is 5. The van der Waals surface area contributed by atoms with E-state index in [2.05, 4.69) is 9.97 Å². The molecule has 0 saturated carbocycles. The maximum atomic E-state index is 14.4. The van der Waals surface area contributed by atoms with Crippen molar-refractivity contribution in [1.82, 2.24) is 14.9 Å². The molecule has 0 aliphatic carbocycles. The van der Waals surface area contributed by atoms with E-state index in [1.54, 1.807) is 37.5 Å². The first-order valence-electron chi connectivity index (χ1n) is 8.32. The van der Waals surface area contributed by atoms with Crippen molar-refractivity contribution in [3.05, 3.63) is 65.6 Å². The lowest BCUT2D eigenvalue weighted by Crippen LogP contribution is -2.13. The van der Waals surface area contributed by atoms with Crippen LogP contribution in [0.1, 0.15) is 15.9 Å². The Hall–Kier alpha value is -3.22. The lowest BCUT2D eigenvalue weighted by Gasteiger charge is -2.16. The van der Waals surface area contributed by atoms with Crippen LogP contribution >= 0.6 is 0 Å². The number of carbonyl (C=O) groups is 1. The third-order valence-corrected chi connectivity index (χ3v) is 4.15. The van der Waals surface area contributed by atoms with Gasteiger partial charge in [0.25, 0.3) is 0 Å². The molecule has 1 aromatic carbocycles. The Labute approximate surface area is 155 Å². The minimum absolute atomic E-state index is 0.0615. The third-order valence-electron chi connectivity index (χ3n) is 4.15. The average Bonchev–Trinajstić information content (AvgIpc) is 3.05. The molecule has 1 N–H and O–H groups in total. The molecule has 0 fully saturated rings. The highest BCUT2D eigenvalue weighted by atomic mass is 19.2. The largest absolute Gasteiger partial charge is 0.383 e. The number of allylic oxidation sites excluding steroid dienone is 1. The van der Waals surface area contributed by atoms with Crippen molar-refractivity contribution < 1.29 is 13.6 Å². The number of halogens is 2. The molecule has 5 nitrogen and oxygen atoms in total. The Morgan fingerprint density at radius 2 is 1.85 bits per heavy atom. The van der Waals surface area contributed by atoms with Gasteiger partial charge < -0.3 is 14.8 Å². The third kappa shape index (κ3) is 3.40. The van der Waals surface area contributed by atoms with Gasteiger partial charge in [-0.3, -0.25) is 4.79 Å². The molecule has 3 rings (SSSR count). The summed E-state index contributed by atoms with van der Waals surface area (Å²) in [6.45, 7) is 0. The van der Waals surface area contributed by atoms with Crippen molar-refractivity contribution in [2.75, 3.05) is 33.1 Å². The Balaban J connectivity index is 2.23. The first-order chi connectivity index (χ1) is 12.8. The molecule has 0 atom stereocenters. The molecule has 140 valence electrons. The van der Waals surface area contributed by atoms with E-state index in [0.717, 1.165) is 11.8 Å². The summed E-state index contributed by atoms with van der Waals surface area (Å²) in [4.78, 5) is 24.1. The number of Topliss-reactive ketones (excluding diaryl/α,β-unsaturated/α-hetero) is 1. The van der Waals surface area contributed by atoms with Crippen LogP contribution in [0.4, 0.5) is 14.5 Å². The van der Waals surface area contributed by atoms with Crippen LogP contribution in [-0.2, 0) is 0 Å². The fourth-order valence-corrected chi connectivity index (χ4v) is 2.96. The zero-order valence-electron chi connectivity index (χ0n) is 15.5. The lowest BCUT2D eigenvalue weighted by atomic mass is 9.96. The second-order valence-corrected chi connectivity index (χ2v) is 6.59. The number of anilines is 1. The summed E-state index contributed by atoms with van der Waals surface area (Å²) in [5.74, 6) is -2.47. The molecule has 0 aliphatic heterocycles. The van der Waals surface area contributed by atoms with Gasteiger partial charge in [-0.1, -0.05) is 12.1 Å². The Kier molecular flexibility index (Phi) is 4.94. The van der Waals surface area contributed by atoms with Crippen LogP contribution in [0.25, 0.3) is 16.6 Å². The average molecular weight is 370 g/mol. The smallest absolute Gasteiger partial charge is 0.197 e. The van der Waals surface area contributed by atoms with Gasteiger partial charge in [0.15, 0.2) is 17.4 Å². The normalized spacial score (nSPS) is 11.7. The van der Waals surface area contributed by atoms with E-state index in [1.807, 2.05) is 19.0 Å². The highest BCUT2D eigenvalue weighted by Crippen LogP contribution is 2.32. The fraction of sp³-hybridized carbons (Fsp3) is 0.200. The molecule has 2 heterocycles. The number of nitrogens with zero attached hydrogens (tertiary/aromatic N) is 3. The summed E-state index contributed by atoms with van der Waals surface area (Å²) in [7, 11) is 7.15. The van der Waals surface area contributed by atoms with E-state index >= 15 is 0 Å². The molecule has 27 heavy (non-hydrogen) atoms. The lowest BCUT2D eigenvalue weighted by molar-refractivity contribution is 0.105. The van der Waals surface area contributed by atoms with Crippen LogP contribution in [0.3, 0.4) is 0 Å². The van der Waals surface area contributed by atoms with E-state index in [4.69, 9.17) is 0 Å². The molecule has 0 saturated heterocycles. The first kappa shape index (κ1) is 18.6. The van der Waals surface area contributed by atoms with E-state index in [0.29, 0.717) is 16.6 Å². The molecule has 3 aromatic rings. The molecule has 2 aromatic heterocycles. The molecular formula is C20H20F2N4O. The number of carbonyl (C=O) groups excluding carboxylic acids is 1. The number of H-pyrrole nitrogens is 1. The standard InChI is InChI=1S/C20H20F2N4O/c1-25(2)11-14(12-6-5-7-15(21)18(12)22)19(27)13-10-24-20-17(13)16(26(3)4)8-9-23-20/h5-11H,1-4H3,(H,23,24). The molecular weight excluding hydrogens is 350 g/mol. The number of pyridine rings is 1. The number of benzene rings is 1. The zero-order chi connectivity index (χ0) is 19.7. The monoisotopic (exact) mass is 370 g/mol. The van der Waals surface area contributed by atoms with Gasteiger partial charge >= 0.3 is 0 Å². The van der Waals surface area contributed by atoms with Crippen molar-refractivity contribution in [2.45, 2.75) is 0 Å². The maximum Gasteiger partial charge on any atom is 0.197 e. The highest BCUT2D eigenvalue weighted by Gasteiger charge is 2.24. The summed E-state index contributed by atoms with van der Waals surface area (Å²) >= 11 is 0. The molecule has 0 aliphatic rings. The fourth-order valence-electron chi connectivity index (χ4n) is 2.96. The van der Waals surface area contributed by atoms with E-state index in [1.165, 1.54) is 18.3 Å². The topological polar surface area (TPSA) is 52.2 Å².